The first-order chi connectivity index (χ1) is 21.1. The van der Waals surface area contributed by atoms with Gasteiger partial charge in [0.1, 0.15) is 0 Å². The summed E-state index contributed by atoms with van der Waals surface area (Å²) in [5, 5.41) is 9.52. The maximum Gasteiger partial charge on any atom is 0.306 e. The number of rotatable bonds is 18. The molecule has 1 unspecified atom stereocenters. The molecule has 3 aromatic rings. The predicted octanol–water partition coefficient (Wildman–Crippen LogP) is 12.3. The van der Waals surface area contributed by atoms with Crippen LogP contribution in [0.5, 0.6) is 0 Å². The molecule has 0 radical (unpaired) electrons. The molecule has 0 aliphatic heterocycles. The van der Waals surface area contributed by atoms with Crippen molar-refractivity contribution >= 4 is 5.97 Å². The zero-order valence-electron chi connectivity index (χ0n) is 27.0. The fraction of sp³-hybridized carbons (Fsp3) is 0.537. The van der Waals surface area contributed by atoms with E-state index in [0.717, 1.165) is 50.4 Å². The van der Waals surface area contributed by atoms with Crippen molar-refractivity contribution in [2.24, 2.45) is 11.8 Å². The maximum absolute atomic E-state index is 11.6. The number of aryl methyl sites for hydroxylation is 1. The van der Waals surface area contributed by atoms with E-state index in [2.05, 4.69) is 86.6 Å². The van der Waals surface area contributed by atoms with Crippen LogP contribution in [0, 0.1) is 11.8 Å². The first-order valence-electron chi connectivity index (χ1n) is 17.6. The zero-order valence-corrected chi connectivity index (χ0v) is 27.0. The topological polar surface area (TPSA) is 37.3 Å². The lowest BCUT2D eigenvalue weighted by atomic mass is 9.77. The van der Waals surface area contributed by atoms with Gasteiger partial charge in [-0.1, -0.05) is 144 Å². The fourth-order valence-corrected chi connectivity index (χ4v) is 7.16. The van der Waals surface area contributed by atoms with Crippen LogP contribution in [0.1, 0.15) is 134 Å². The van der Waals surface area contributed by atoms with E-state index in [1.54, 1.807) is 0 Å². The lowest BCUT2D eigenvalue weighted by molar-refractivity contribution is -0.142. The average molecular weight is 581 g/mol. The molecule has 2 heteroatoms. The fourth-order valence-electron chi connectivity index (χ4n) is 7.16. The van der Waals surface area contributed by atoms with Gasteiger partial charge in [0.05, 0.1) is 5.92 Å². The summed E-state index contributed by atoms with van der Waals surface area (Å²) in [6, 6.07) is 27.1. The summed E-state index contributed by atoms with van der Waals surface area (Å²) in [5.74, 6) is 0.824. The van der Waals surface area contributed by atoms with Crippen LogP contribution in [0.3, 0.4) is 0 Å². The predicted molar refractivity (Wildman–Crippen MR) is 184 cm³/mol. The van der Waals surface area contributed by atoms with Crippen LogP contribution in [-0.2, 0) is 11.2 Å². The van der Waals surface area contributed by atoms with Crippen LogP contribution in [0.25, 0.3) is 22.3 Å². The van der Waals surface area contributed by atoms with Crippen molar-refractivity contribution in [3.05, 3.63) is 83.9 Å². The van der Waals surface area contributed by atoms with Gasteiger partial charge in [0, 0.05) is 0 Å². The van der Waals surface area contributed by atoms with Gasteiger partial charge in [-0.05, 0) is 96.6 Å². The van der Waals surface area contributed by atoms with Gasteiger partial charge in [-0.25, -0.2) is 0 Å². The van der Waals surface area contributed by atoms with E-state index in [1.807, 2.05) is 0 Å². The summed E-state index contributed by atoms with van der Waals surface area (Å²) < 4.78 is 0. The van der Waals surface area contributed by atoms with Crippen molar-refractivity contribution in [1.29, 1.82) is 0 Å². The molecule has 4 rings (SSSR count). The summed E-state index contributed by atoms with van der Waals surface area (Å²) in [5.41, 5.74) is 7.87. The van der Waals surface area contributed by atoms with E-state index >= 15 is 0 Å². The van der Waals surface area contributed by atoms with Crippen LogP contribution in [-0.4, -0.2) is 11.1 Å². The molecule has 0 saturated heterocycles. The Morgan fingerprint density at radius 2 is 1.23 bits per heavy atom. The van der Waals surface area contributed by atoms with Gasteiger partial charge in [0.25, 0.3) is 0 Å². The van der Waals surface area contributed by atoms with Crippen molar-refractivity contribution in [3.63, 3.8) is 0 Å². The third-order valence-electron chi connectivity index (χ3n) is 9.97. The molecular weight excluding hydrogens is 524 g/mol. The van der Waals surface area contributed by atoms with E-state index in [9.17, 15) is 9.90 Å². The largest absolute Gasteiger partial charge is 0.481 e. The molecule has 2 nitrogen and oxygen atoms in total. The highest BCUT2D eigenvalue weighted by Crippen LogP contribution is 2.39. The number of carbonyl (C=O) groups is 1. The van der Waals surface area contributed by atoms with Crippen LogP contribution in [0.15, 0.2) is 72.8 Å². The first-order valence-corrected chi connectivity index (χ1v) is 17.6. The van der Waals surface area contributed by atoms with Crippen LogP contribution < -0.4 is 0 Å². The number of aliphatic carboxylic acids is 1. The Morgan fingerprint density at radius 1 is 0.674 bits per heavy atom. The SMILES string of the molecule is CCCCCCCC[C@H]1CC[C@H](c2ccc(-c3ccccc3-c3ccc(CCCC(CCCC)C(=O)O)cc3)cc2)CC1. The standard InChI is InChI=1S/C41H56O2/c1-3-5-7-8-9-10-14-32-20-24-34(25-21-32)35-28-30-37(31-29-35)40-19-12-11-18-39(40)36-26-22-33(23-27-36)15-13-17-38(41(42)43)16-6-4-2/h11-12,18-19,22-23,26-32,34,38H,3-10,13-17,20-21,24-25H2,1-2H3,(H,42,43)/t32-,34-,38?. The van der Waals surface area contributed by atoms with E-state index in [4.69, 9.17) is 0 Å². The molecule has 0 amide bonds. The first kappa shape index (κ1) is 33.0. The van der Waals surface area contributed by atoms with Gasteiger partial charge >= 0.3 is 5.97 Å². The smallest absolute Gasteiger partial charge is 0.306 e. The zero-order chi connectivity index (χ0) is 30.3. The number of benzene rings is 3. The minimum absolute atomic E-state index is 0.206. The van der Waals surface area contributed by atoms with E-state index < -0.39 is 5.97 Å². The maximum atomic E-state index is 11.6. The summed E-state index contributed by atoms with van der Waals surface area (Å²) in [6.45, 7) is 4.42. The molecule has 43 heavy (non-hydrogen) atoms. The number of unbranched alkanes of at least 4 members (excludes halogenated alkanes) is 6. The highest BCUT2D eigenvalue weighted by atomic mass is 16.4. The summed E-state index contributed by atoms with van der Waals surface area (Å²) >= 11 is 0. The summed E-state index contributed by atoms with van der Waals surface area (Å²) in [4.78, 5) is 11.6. The van der Waals surface area contributed by atoms with Crippen molar-refractivity contribution in [2.75, 3.05) is 0 Å². The molecule has 1 fully saturated rings. The second-order valence-electron chi connectivity index (χ2n) is 13.2. The minimum Gasteiger partial charge on any atom is -0.481 e. The highest BCUT2D eigenvalue weighted by molar-refractivity contribution is 5.83. The minimum atomic E-state index is -0.639. The lowest BCUT2D eigenvalue weighted by Crippen LogP contribution is -2.13. The van der Waals surface area contributed by atoms with Gasteiger partial charge in [-0.3, -0.25) is 4.79 Å². The number of carboxylic acids is 1. The quantitative estimate of drug-likeness (QED) is 0.152. The third kappa shape index (κ3) is 10.4. The van der Waals surface area contributed by atoms with Gasteiger partial charge in [0.2, 0.25) is 0 Å². The average Bonchev–Trinajstić information content (AvgIpc) is 3.05. The molecule has 1 aliphatic carbocycles. The van der Waals surface area contributed by atoms with Crippen molar-refractivity contribution in [3.8, 4) is 22.3 Å². The van der Waals surface area contributed by atoms with Crippen LogP contribution in [0.4, 0.5) is 0 Å². The van der Waals surface area contributed by atoms with Gasteiger partial charge in [-0.15, -0.1) is 0 Å². The van der Waals surface area contributed by atoms with Crippen molar-refractivity contribution < 1.29 is 9.90 Å². The van der Waals surface area contributed by atoms with Gasteiger partial charge in [-0.2, -0.15) is 0 Å². The Bertz CT molecular complexity index is 1200. The molecule has 1 aliphatic rings. The molecule has 0 bridgehead atoms. The Hall–Kier alpha value is -2.87. The monoisotopic (exact) mass is 580 g/mol. The van der Waals surface area contributed by atoms with Crippen LogP contribution >= 0.6 is 0 Å². The highest BCUT2D eigenvalue weighted by Gasteiger charge is 2.22. The van der Waals surface area contributed by atoms with Crippen molar-refractivity contribution in [2.45, 2.75) is 129 Å². The molecule has 0 heterocycles. The Balaban J connectivity index is 1.30. The Morgan fingerprint density at radius 3 is 1.84 bits per heavy atom. The molecule has 3 aromatic carbocycles. The number of hydrogen-bond donors (Lipinski definition) is 1. The van der Waals surface area contributed by atoms with E-state index in [0.29, 0.717) is 0 Å². The molecular formula is C41H56O2. The molecule has 0 spiro atoms. The lowest BCUT2D eigenvalue weighted by Gasteiger charge is -2.29. The second-order valence-corrected chi connectivity index (χ2v) is 13.2. The van der Waals surface area contributed by atoms with E-state index in [1.165, 1.54) is 104 Å². The molecule has 1 saturated carbocycles. The Labute approximate surface area is 262 Å². The molecule has 1 N–H and O–H groups in total. The normalized spacial score (nSPS) is 17.5. The summed E-state index contributed by atoms with van der Waals surface area (Å²) in [6.07, 6.45) is 20.9. The van der Waals surface area contributed by atoms with Gasteiger partial charge in [0.15, 0.2) is 0 Å². The van der Waals surface area contributed by atoms with Crippen molar-refractivity contribution in [1.82, 2.24) is 0 Å². The molecule has 1 atom stereocenters. The molecule has 0 aromatic heterocycles. The Kier molecular flexibility index (Phi) is 13.9. The number of hydrogen-bond acceptors (Lipinski definition) is 1. The second kappa shape index (κ2) is 18.1. The van der Waals surface area contributed by atoms with Crippen LogP contribution in [0.2, 0.25) is 0 Å². The third-order valence-corrected chi connectivity index (χ3v) is 9.97. The van der Waals surface area contributed by atoms with E-state index in [-0.39, 0.29) is 5.92 Å². The summed E-state index contributed by atoms with van der Waals surface area (Å²) in [7, 11) is 0. The molecule has 232 valence electrons. The number of carboxylic acid groups (broad SMARTS) is 1. The van der Waals surface area contributed by atoms with Gasteiger partial charge < -0.3 is 5.11 Å².